The summed E-state index contributed by atoms with van der Waals surface area (Å²) in [5, 5.41) is 6.61. The van der Waals surface area contributed by atoms with Gasteiger partial charge in [-0.1, -0.05) is 25.5 Å². The molecule has 0 bridgehead atoms. The third kappa shape index (κ3) is 4.40. The smallest absolute Gasteiger partial charge is 0.337 e. The molecule has 0 aromatic heterocycles. The maximum absolute atomic E-state index is 12.3. The van der Waals surface area contributed by atoms with E-state index in [2.05, 4.69) is 10.6 Å². The number of carbonyl (C=O) groups excluding carboxylic acids is 2. The molecule has 0 fully saturated rings. The number of allylic oxidation sites excluding steroid dienone is 1. The van der Waals surface area contributed by atoms with Crippen molar-refractivity contribution in [2.45, 2.75) is 39.2 Å². The Hall–Kier alpha value is -2.41. The summed E-state index contributed by atoms with van der Waals surface area (Å²) >= 11 is 5.37. The first kappa shape index (κ1) is 19.9. The summed E-state index contributed by atoms with van der Waals surface area (Å²) in [6, 6.07) is 6.99. The van der Waals surface area contributed by atoms with Gasteiger partial charge in [0.2, 0.25) is 5.91 Å². The van der Waals surface area contributed by atoms with E-state index in [1.54, 1.807) is 11.9 Å². The maximum Gasteiger partial charge on any atom is 0.337 e. The van der Waals surface area contributed by atoms with E-state index in [4.69, 9.17) is 17.0 Å². The van der Waals surface area contributed by atoms with Gasteiger partial charge in [0.25, 0.3) is 0 Å². The number of anilines is 1. The third-order valence-electron chi connectivity index (χ3n) is 4.42. The van der Waals surface area contributed by atoms with Gasteiger partial charge in [-0.25, -0.2) is 4.79 Å². The number of amides is 1. The van der Waals surface area contributed by atoms with Gasteiger partial charge in [-0.05, 0) is 43.3 Å². The Labute approximate surface area is 159 Å². The molecule has 2 N–H and O–H groups in total. The van der Waals surface area contributed by atoms with Gasteiger partial charge in [-0.15, -0.1) is 0 Å². The predicted octanol–water partition coefficient (Wildman–Crippen LogP) is 3.12. The summed E-state index contributed by atoms with van der Waals surface area (Å²) in [6.45, 7) is 3.88. The molecular formula is C19H25N3O3S. The molecule has 2 rings (SSSR count). The number of esters is 1. The van der Waals surface area contributed by atoms with Gasteiger partial charge in [-0.3, -0.25) is 4.79 Å². The molecule has 1 heterocycles. The molecule has 140 valence electrons. The second-order valence-electron chi connectivity index (χ2n) is 6.21. The van der Waals surface area contributed by atoms with Crippen LogP contribution in [0.4, 0.5) is 5.69 Å². The number of thiocarbonyl (C=S) groups is 1. The average molecular weight is 375 g/mol. The second kappa shape index (κ2) is 8.80. The number of nitrogens with one attached hydrogen (secondary N) is 2. The van der Waals surface area contributed by atoms with Crippen LogP contribution in [-0.4, -0.2) is 36.0 Å². The molecule has 7 heteroatoms. The molecule has 1 aromatic carbocycles. The minimum Gasteiger partial charge on any atom is -0.466 e. The zero-order chi connectivity index (χ0) is 19.3. The van der Waals surface area contributed by atoms with Crippen molar-refractivity contribution in [1.29, 1.82) is 0 Å². The van der Waals surface area contributed by atoms with Crippen molar-refractivity contribution < 1.29 is 14.3 Å². The van der Waals surface area contributed by atoms with E-state index in [1.807, 2.05) is 38.1 Å². The summed E-state index contributed by atoms with van der Waals surface area (Å²) < 4.78 is 4.96. The number of benzene rings is 1. The van der Waals surface area contributed by atoms with Crippen molar-refractivity contribution >= 4 is 34.9 Å². The number of hydrogen-bond acceptors (Lipinski definition) is 4. The molecule has 1 aliphatic rings. The molecule has 0 saturated carbocycles. The van der Waals surface area contributed by atoms with Gasteiger partial charge >= 0.3 is 5.97 Å². The molecule has 1 amide bonds. The maximum atomic E-state index is 12.3. The highest BCUT2D eigenvalue weighted by Gasteiger charge is 2.33. The molecule has 1 aliphatic heterocycles. The lowest BCUT2D eigenvalue weighted by Gasteiger charge is -2.35. The first-order valence-corrected chi connectivity index (χ1v) is 9.03. The Balaban J connectivity index is 2.33. The average Bonchev–Trinajstić information content (AvgIpc) is 2.63. The fourth-order valence-electron chi connectivity index (χ4n) is 2.82. The lowest BCUT2D eigenvalue weighted by molar-refractivity contribution is -0.136. The van der Waals surface area contributed by atoms with Crippen LogP contribution in [0.25, 0.3) is 0 Å². The van der Waals surface area contributed by atoms with E-state index in [0.717, 1.165) is 24.1 Å². The first-order chi connectivity index (χ1) is 12.4. The molecule has 0 spiro atoms. The largest absolute Gasteiger partial charge is 0.466 e. The summed E-state index contributed by atoms with van der Waals surface area (Å²) in [5.74, 6) is -0.428. The lowest BCUT2D eigenvalue weighted by Crippen LogP contribution is -2.46. The molecule has 0 aliphatic carbocycles. The van der Waals surface area contributed by atoms with Crippen LogP contribution in [0.2, 0.25) is 0 Å². The van der Waals surface area contributed by atoms with E-state index >= 15 is 0 Å². The van der Waals surface area contributed by atoms with Gasteiger partial charge in [0.1, 0.15) is 0 Å². The van der Waals surface area contributed by atoms with E-state index in [-0.39, 0.29) is 5.91 Å². The number of unbranched alkanes of at least 4 members (excludes halogenated alkanes) is 1. The number of hydrogen-bond donors (Lipinski definition) is 2. The Morgan fingerprint density at radius 2 is 2.12 bits per heavy atom. The van der Waals surface area contributed by atoms with Gasteiger partial charge in [-0.2, -0.15) is 0 Å². The molecule has 6 nitrogen and oxygen atoms in total. The minimum absolute atomic E-state index is 0.0178. The monoisotopic (exact) mass is 375 g/mol. The first-order valence-electron chi connectivity index (χ1n) is 8.62. The van der Waals surface area contributed by atoms with Gasteiger partial charge < -0.3 is 20.3 Å². The van der Waals surface area contributed by atoms with Crippen molar-refractivity contribution in [1.82, 2.24) is 10.2 Å². The molecular weight excluding hydrogens is 350 g/mol. The number of rotatable bonds is 6. The van der Waals surface area contributed by atoms with E-state index in [9.17, 15) is 9.59 Å². The Morgan fingerprint density at radius 3 is 2.77 bits per heavy atom. The second-order valence-corrected chi connectivity index (χ2v) is 6.60. The van der Waals surface area contributed by atoms with Gasteiger partial charge in [0.05, 0.1) is 18.7 Å². The fraction of sp³-hybridized carbons (Fsp3) is 0.421. The zero-order valence-corrected chi connectivity index (χ0v) is 16.4. The molecule has 1 aromatic rings. The van der Waals surface area contributed by atoms with Crippen LogP contribution in [0.15, 0.2) is 35.5 Å². The lowest BCUT2D eigenvalue weighted by atomic mass is 9.95. The number of ether oxygens (including phenoxy) is 1. The third-order valence-corrected chi connectivity index (χ3v) is 4.81. The highest BCUT2D eigenvalue weighted by molar-refractivity contribution is 7.80. The number of methoxy groups -OCH3 is 1. The highest BCUT2D eigenvalue weighted by atomic mass is 32.1. The van der Waals surface area contributed by atoms with E-state index < -0.39 is 12.0 Å². The topological polar surface area (TPSA) is 70.7 Å². The highest BCUT2D eigenvalue weighted by Crippen LogP contribution is 2.31. The Bertz CT molecular complexity index is 745. The van der Waals surface area contributed by atoms with Crippen LogP contribution < -0.4 is 10.6 Å². The molecule has 0 radical (unpaired) electrons. The zero-order valence-electron chi connectivity index (χ0n) is 15.6. The summed E-state index contributed by atoms with van der Waals surface area (Å²) in [6.07, 6.45) is 2.31. The fourth-order valence-corrected chi connectivity index (χ4v) is 3.07. The predicted molar refractivity (Wildman–Crippen MR) is 106 cm³/mol. The van der Waals surface area contributed by atoms with Crippen molar-refractivity contribution in [3.8, 4) is 0 Å². The summed E-state index contributed by atoms with van der Waals surface area (Å²) in [5.41, 5.74) is 2.76. The van der Waals surface area contributed by atoms with Crippen LogP contribution >= 0.6 is 12.2 Å². The van der Waals surface area contributed by atoms with Crippen molar-refractivity contribution in [2.75, 3.05) is 19.5 Å². The normalized spacial score (nSPS) is 17.0. The van der Waals surface area contributed by atoms with Crippen LogP contribution in [0.3, 0.4) is 0 Å². The van der Waals surface area contributed by atoms with E-state index in [0.29, 0.717) is 22.8 Å². The standard InChI is InChI=1S/C19H25N3O3S/c1-5-6-10-15(23)20-14-9-7-8-13(11-14)17-16(18(24)25-4)12(2)22(3)19(26)21-17/h7-9,11,17H,5-6,10H2,1-4H3,(H,20,23)(H,21,26). The van der Waals surface area contributed by atoms with Gasteiger partial charge in [0.15, 0.2) is 5.11 Å². The number of carbonyl (C=O) groups is 2. The number of nitrogens with zero attached hydrogens (tertiary/aromatic N) is 1. The van der Waals surface area contributed by atoms with E-state index in [1.165, 1.54) is 7.11 Å². The quantitative estimate of drug-likeness (QED) is 0.588. The molecule has 1 unspecified atom stereocenters. The molecule has 0 saturated heterocycles. The Kier molecular flexibility index (Phi) is 6.74. The Morgan fingerprint density at radius 1 is 1.38 bits per heavy atom. The summed E-state index contributed by atoms with van der Waals surface area (Å²) in [4.78, 5) is 26.1. The van der Waals surface area contributed by atoms with Crippen LogP contribution in [0.5, 0.6) is 0 Å². The SMILES string of the molecule is CCCCC(=O)Nc1cccc(C2NC(=S)N(C)C(C)=C2C(=O)OC)c1. The minimum atomic E-state index is -0.432. The molecule has 1 atom stereocenters. The van der Waals surface area contributed by atoms with Crippen LogP contribution in [-0.2, 0) is 14.3 Å². The van der Waals surface area contributed by atoms with Crippen molar-refractivity contribution in [3.05, 3.63) is 41.1 Å². The van der Waals surface area contributed by atoms with Gasteiger partial charge in [0, 0.05) is 24.9 Å². The van der Waals surface area contributed by atoms with Crippen molar-refractivity contribution in [3.63, 3.8) is 0 Å². The molecule has 26 heavy (non-hydrogen) atoms. The summed E-state index contributed by atoms with van der Waals surface area (Å²) in [7, 11) is 3.16. The van der Waals surface area contributed by atoms with Crippen molar-refractivity contribution in [2.24, 2.45) is 0 Å². The van der Waals surface area contributed by atoms with Crippen LogP contribution in [0, 0.1) is 0 Å². The van der Waals surface area contributed by atoms with Crippen LogP contribution in [0.1, 0.15) is 44.7 Å².